The van der Waals surface area contributed by atoms with Crippen molar-refractivity contribution in [2.24, 2.45) is 10.7 Å². The fraction of sp³-hybridized carbons (Fsp3) is 0.462. The Balaban J connectivity index is 2.13. The van der Waals surface area contributed by atoms with Gasteiger partial charge in [0.15, 0.2) is 5.96 Å². The predicted molar refractivity (Wildman–Crippen MR) is 67.2 cm³/mol. The van der Waals surface area contributed by atoms with Crippen LogP contribution in [0.15, 0.2) is 29.3 Å². The lowest BCUT2D eigenvalue weighted by Gasteiger charge is -2.26. The molecule has 0 radical (unpaired) electrons. The number of hydrogen-bond acceptors (Lipinski definition) is 1. The van der Waals surface area contributed by atoms with E-state index in [0.29, 0.717) is 17.6 Å². The molecule has 17 heavy (non-hydrogen) atoms. The van der Waals surface area contributed by atoms with Crippen LogP contribution in [0.3, 0.4) is 0 Å². The van der Waals surface area contributed by atoms with E-state index in [9.17, 15) is 4.39 Å². The maximum absolute atomic E-state index is 13.6. The van der Waals surface area contributed by atoms with Gasteiger partial charge in [-0.2, -0.15) is 0 Å². The van der Waals surface area contributed by atoms with E-state index >= 15 is 0 Å². The zero-order chi connectivity index (χ0) is 12.4. The largest absolute Gasteiger partial charge is 0.370 e. The minimum Gasteiger partial charge on any atom is -0.370 e. The zero-order valence-corrected chi connectivity index (χ0v) is 10.2. The van der Waals surface area contributed by atoms with E-state index in [2.05, 4.69) is 4.99 Å². The van der Waals surface area contributed by atoms with Gasteiger partial charge in [-0.1, -0.05) is 18.2 Å². The average Bonchev–Trinajstić information content (AvgIpc) is 3.11. The summed E-state index contributed by atoms with van der Waals surface area (Å²) in [6.07, 6.45) is 2.23. The second kappa shape index (κ2) is 4.73. The Bertz CT molecular complexity index is 426. The lowest BCUT2D eigenvalue weighted by molar-refractivity contribution is 0.383. The average molecular weight is 235 g/mol. The number of aliphatic imine (C=N–C) groups is 1. The zero-order valence-electron chi connectivity index (χ0n) is 10.2. The van der Waals surface area contributed by atoms with Crippen LogP contribution in [0, 0.1) is 5.82 Å². The molecular weight excluding hydrogens is 217 g/mol. The molecule has 3 nitrogen and oxygen atoms in total. The standard InChI is InChI=1S/C13H18FN3/c1-9(11-5-3-4-6-12(11)14)17(2)13(15)16-10-7-8-10/h3-6,9-10H,7-8H2,1-2H3,(H2,15,16). The molecule has 4 heteroatoms. The molecule has 1 saturated carbocycles. The van der Waals surface area contributed by atoms with Gasteiger partial charge in [0.2, 0.25) is 0 Å². The highest BCUT2D eigenvalue weighted by Crippen LogP contribution is 2.25. The third-order valence-electron chi connectivity index (χ3n) is 3.16. The Hall–Kier alpha value is -1.58. The summed E-state index contributed by atoms with van der Waals surface area (Å²) >= 11 is 0. The highest BCUT2D eigenvalue weighted by atomic mass is 19.1. The van der Waals surface area contributed by atoms with Crippen molar-refractivity contribution in [3.8, 4) is 0 Å². The Kier molecular flexibility index (Phi) is 3.31. The smallest absolute Gasteiger partial charge is 0.191 e. The van der Waals surface area contributed by atoms with Crippen LogP contribution in [-0.4, -0.2) is 23.9 Å². The number of rotatable bonds is 3. The molecule has 0 saturated heterocycles. The van der Waals surface area contributed by atoms with Gasteiger partial charge in [-0.15, -0.1) is 0 Å². The molecule has 0 heterocycles. The van der Waals surface area contributed by atoms with Crippen LogP contribution in [0.4, 0.5) is 4.39 Å². The highest BCUT2D eigenvalue weighted by Gasteiger charge is 2.23. The Morgan fingerprint density at radius 2 is 2.12 bits per heavy atom. The maximum atomic E-state index is 13.6. The first kappa shape index (κ1) is 11.9. The van der Waals surface area contributed by atoms with Crippen molar-refractivity contribution in [2.45, 2.75) is 31.8 Å². The number of guanidine groups is 1. The van der Waals surface area contributed by atoms with Crippen molar-refractivity contribution < 1.29 is 4.39 Å². The molecule has 2 N–H and O–H groups in total. The van der Waals surface area contributed by atoms with E-state index in [1.54, 1.807) is 12.1 Å². The molecule has 2 rings (SSSR count). The number of benzene rings is 1. The Morgan fingerprint density at radius 1 is 1.47 bits per heavy atom. The van der Waals surface area contributed by atoms with Gasteiger partial charge in [0.1, 0.15) is 5.82 Å². The van der Waals surface area contributed by atoms with Crippen molar-refractivity contribution in [3.63, 3.8) is 0 Å². The topological polar surface area (TPSA) is 41.6 Å². The number of nitrogens with two attached hydrogens (primary N) is 1. The number of halogens is 1. The van der Waals surface area contributed by atoms with Gasteiger partial charge < -0.3 is 10.6 Å². The fourth-order valence-corrected chi connectivity index (χ4v) is 1.70. The minimum absolute atomic E-state index is 0.112. The van der Waals surface area contributed by atoms with Gasteiger partial charge in [0, 0.05) is 12.6 Å². The number of nitrogens with zero attached hydrogens (tertiary/aromatic N) is 2. The molecule has 1 aromatic rings. The van der Waals surface area contributed by atoms with Crippen LogP contribution in [0.5, 0.6) is 0 Å². The molecule has 1 aromatic carbocycles. The van der Waals surface area contributed by atoms with Crippen molar-refractivity contribution in [1.82, 2.24) is 4.90 Å². The maximum Gasteiger partial charge on any atom is 0.191 e. The molecule has 0 bridgehead atoms. The van der Waals surface area contributed by atoms with Gasteiger partial charge in [-0.3, -0.25) is 0 Å². The summed E-state index contributed by atoms with van der Waals surface area (Å²) in [7, 11) is 1.85. The minimum atomic E-state index is -0.203. The quantitative estimate of drug-likeness (QED) is 0.645. The molecule has 0 aromatic heterocycles. The summed E-state index contributed by atoms with van der Waals surface area (Å²) in [6, 6.07) is 7.03. The molecule has 1 atom stereocenters. The molecule has 1 fully saturated rings. The molecule has 0 amide bonds. The molecule has 0 aliphatic heterocycles. The summed E-state index contributed by atoms with van der Waals surface area (Å²) in [6.45, 7) is 1.92. The number of hydrogen-bond donors (Lipinski definition) is 1. The lowest BCUT2D eigenvalue weighted by atomic mass is 10.1. The molecule has 1 aliphatic rings. The van der Waals surface area contributed by atoms with Crippen LogP contribution < -0.4 is 5.73 Å². The Morgan fingerprint density at radius 3 is 2.71 bits per heavy atom. The normalized spacial score (nSPS) is 17.9. The van der Waals surface area contributed by atoms with E-state index in [0.717, 1.165) is 12.8 Å². The van der Waals surface area contributed by atoms with Crippen molar-refractivity contribution in [2.75, 3.05) is 7.05 Å². The van der Waals surface area contributed by atoms with E-state index in [1.807, 2.05) is 24.9 Å². The molecule has 1 aliphatic carbocycles. The first-order valence-corrected chi connectivity index (χ1v) is 5.90. The third-order valence-corrected chi connectivity index (χ3v) is 3.16. The van der Waals surface area contributed by atoms with E-state index in [1.165, 1.54) is 6.07 Å². The lowest BCUT2D eigenvalue weighted by Crippen LogP contribution is -2.36. The molecular formula is C13H18FN3. The van der Waals surface area contributed by atoms with Gasteiger partial charge in [0.05, 0.1) is 12.1 Å². The third kappa shape index (κ3) is 2.75. The van der Waals surface area contributed by atoms with Crippen LogP contribution in [0.1, 0.15) is 31.4 Å². The van der Waals surface area contributed by atoms with Gasteiger partial charge in [-0.05, 0) is 25.8 Å². The summed E-state index contributed by atoms with van der Waals surface area (Å²) in [5.41, 5.74) is 6.54. The summed E-state index contributed by atoms with van der Waals surface area (Å²) in [4.78, 5) is 6.18. The van der Waals surface area contributed by atoms with Gasteiger partial charge in [0.25, 0.3) is 0 Å². The first-order valence-electron chi connectivity index (χ1n) is 5.90. The predicted octanol–water partition coefficient (Wildman–Crippen LogP) is 2.30. The molecule has 1 unspecified atom stereocenters. The summed E-state index contributed by atoms with van der Waals surface area (Å²) in [5.74, 6) is 0.286. The van der Waals surface area contributed by atoms with E-state index in [4.69, 9.17) is 5.73 Å². The Labute approximate surface area is 101 Å². The van der Waals surface area contributed by atoms with Gasteiger partial charge >= 0.3 is 0 Å². The second-order valence-corrected chi connectivity index (χ2v) is 4.53. The van der Waals surface area contributed by atoms with Crippen LogP contribution >= 0.6 is 0 Å². The van der Waals surface area contributed by atoms with E-state index in [-0.39, 0.29) is 11.9 Å². The summed E-state index contributed by atoms with van der Waals surface area (Å²) < 4.78 is 13.6. The monoisotopic (exact) mass is 235 g/mol. The van der Waals surface area contributed by atoms with Crippen LogP contribution in [-0.2, 0) is 0 Å². The van der Waals surface area contributed by atoms with Crippen molar-refractivity contribution in [1.29, 1.82) is 0 Å². The highest BCUT2D eigenvalue weighted by molar-refractivity contribution is 5.78. The van der Waals surface area contributed by atoms with Crippen molar-refractivity contribution >= 4 is 5.96 Å². The van der Waals surface area contributed by atoms with Crippen LogP contribution in [0.2, 0.25) is 0 Å². The SMILES string of the molecule is CC(c1ccccc1F)N(C)C(N)=NC1CC1. The van der Waals surface area contributed by atoms with Gasteiger partial charge in [-0.25, -0.2) is 9.38 Å². The van der Waals surface area contributed by atoms with E-state index < -0.39 is 0 Å². The first-order chi connectivity index (χ1) is 8.09. The fourth-order valence-electron chi connectivity index (χ4n) is 1.70. The van der Waals surface area contributed by atoms with Crippen LogP contribution in [0.25, 0.3) is 0 Å². The summed E-state index contributed by atoms with van der Waals surface area (Å²) in [5, 5.41) is 0. The molecule has 92 valence electrons. The second-order valence-electron chi connectivity index (χ2n) is 4.53. The molecule has 0 spiro atoms. The van der Waals surface area contributed by atoms with Crippen molar-refractivity contribution in [3.05, 3.63) is 35.6 Å².